The van der Waals surface area contributed by atoms with E-state index in [1.165, 1.54) is 0 Å². The fourth-order valence-electron chi connectivity index (χ4n) is 3.66. The third-order valence-electron chi connectivity index (χ3n) is 6.28. The van der Waals surface area contributed by atoms with Gasteiger partial charge in [-0.3, -0.25) is 14.6 Å². The first-order chi connectivity index (χ1) is 14.7. The summed E-state index contributed by atoms with van der Waals surface area (Å²) in [5.74, 6) is 1.84. The monoisotopic (exact) mass is 432 g/mol. The molecule has 172 valence electrons. The maximum absolute atomic E-state index is 12.7. The van der Waals surface area contributed by atoms with E-state index in [4.69, 9.17) is 14.2 Å². The van der Waals surface area contributed by atoms with Crippen LogP contribution in [0, 0.1) is 17.2 Å². The molecule has 1 fully saturated rings. The molecule has 0 spiro atoms. The predicted octanol–water partition coefficient (Wildman–Crippen LogP) is 2.27. The summed E-state index contributed by atoms with van der Waals surface area (Å²) in [5.41, 5.74) is 0.165. The topological polar surface area (TPSA) is 87.1 Å². The summed E-state index contributed by atoms with van der Waals surface area (Å²) in [5, 5.41) is 12.4. The van der Waals surface area contributed by atoms with Gasteiger partial charge in [0.25, 0.3) is 0 Å². The van der Waals surface area contributed by atoms with E-state index in [9.17, 15) is 10.1 Å². The normalized spacial score (nSPS) is 18.0. The molecule has 8 nitrogen and oxygen atoms in total. The smallest absolute Gasteiger partial charge is 0.238 e. The standard InChI is InChI=1S/C23H36N4O4/c1-16(2)23(4,15-24)25-22(28)17(3)27-12-10-26(11-13-27)14-18-8-9-19(29-5)21(31-7)20(18)30-6/h8-9,16-17H,10-14H2,1-7H3,(H,25,28)/t17-,23-/m1/s1. The highest BCUT2D eigenvalue weighted by Crippen LogP contribution is 2.40. The van der Waals surface area contributed by atoms with Gasteiger partial charge >= 0.3 is 0 Å². The second-order valence-corrected chi connectivity index (χ2v) is 8.44. The van der Waals surface area contributed by atoms with Crippen molar-refractivity contribution < 1.29 is 19.0 Å². The van der Waals surface area contributed by atoms with Crippen molar-refractivity contribution >= 4 is 5.91 Å². The summed E-state index contributed by atoms with van der Waals surface area (Å²) < 4.78 is 16.4. The Morgan fingerprint density at radius 3 is 2.19 bits per heavy atom. The van der Waals surface area contributed by atoms with E-state index in [0.717, 1.165) is 38.3 Å². The van der Waals surface area contributed by atoms with Crippen molar-refractivity contribution in [1.82, 2.24) is 15.1 Å². The minimum absolute atomic E-state index is 0.0296. The molecule has 0 aliphatic carbocycles. The number of hydrogen-bond acceptors (Lipinski definition) is 7. The molecule has 1 amide bonds. The van der Waals surface area contributed by atoms with Crippen LogP contribution in [0.5, 0.6) is 17.2 Å². The van der Waals surface area contributed by atoms with Crippen LogP contribution in [-0.4, -0.2) is 74.8 Å². The molecular weight excluding hydrogens is 396 g/mol. The van der Waals surface area contributed by atoms with Gasteiger partial charge < -0.3 is 19.5 Å². The first kappa shape index (κ1) is 24.8. The highest BCUT2D eigenvalue weighted by molar-refractivity contribution is 5.82. The number of carbonyl (C=O) groups is 1. The van der Waals surface area contributed by atoms with Gasteiger partial charge in [0.2, 0.25) is 11.7 Å². The average molecular weight is 433 g/mol. The Morgan fingerprint density at radius 2 is 1.71 bits per heavy atom. The summed E-state index contributed by atoms with van der Waals surface area (Å²) in [6.45, 7) is 11.5. The third kappa shape index (κ3) is 5.60. The van der Waals surface area contributed by atoms with Crippen molar-refractivity contribution in [2.45, 2.75) is 45.8 Å². The maximum atomic E-state index is 12.7. The molecule has 1 aliphatic rings. The molecule has 1 aromatic rings. The number of nitrogens with one attached hydrogen (secondary N) is 1. The summed E-state index contributed by atoms with van der Waals surface area (Å²) in [4.78, 5) is 17.2. The summed E-state index contributed by atoms with van der Waals surface area (Å²) in [6, 6.07) is 5.84. The van der Waals surface area contributed by atoms with E-state index < -0.39 is 5.54 Å². The Morgan fingerprint density at radius 1 is 1.10 bits per heavy atom. The van der Waals surface area contributed by atoms with E-state index in [-0.39, 0.29) is 17.9 Å². The van der Waals surface area contributed by atoms with Crippen molar-refractivity contribution in [2.24, 2.45) is 5.92 Å². The molecule has 0 aromatic heterocycles. The number of ether oxygens (including phenoxy) is 3. The molecule has 1 heterocycles. The van der Waals surface area contributed by atoms with Gasteiger partial charge in [-0.25, -0.2) is 0 Å². The summed E-state index contributed by atoms with van der Waals surface area (Å²) in [7, 11) is 4.84. The molecule has 1 saturated heterocycles. The number of hydrogen-bond donors (Lipinski definition) is 1. The van der Waals surface area contributed by atoms with Gasteiger partial charge in [0.05, 0.1) is 33.4 Å². The Kier molecular flexibility index (Phi) is 8.54. The second kappa shape index (κ2) is 10.7. The molecular formula is C23H36N4O4. The molecule has 0 saturated carbocycles. The van der Waals surface area contributed by atoms with Crippen LogP contribution in [0.4, 0.5) is 0 Å². The van der Waals surface area contributed by atoms with Crippen LogP contribution in [0.3, 0.4) is 0 Å². The van der Waals surface area contributed by atoms with Crippen LogP contribution in [0.1, 0.15) is 33.3 Å². The van der Waals surface area contributed by atoms with Gasteiger partial charge in [0.15, 0.2) is 11.5 Å². The molecule has 8 heteroatoms. The van der Waals surface area contributed by atoms with Crippen molar-refractivity contribution in [3.05, 3.63) is 17.7 Å². The number of methoxy groups -OCH3 is 3. The lowest BCUT2D eigenvalue weighted by Gasteiger charge is -2.38. The van der Waals surface area contributed by atoms with Gasteiger partial charge in [-0.1, -0.05) is 19.9 Å². The van der Waals surface area contributed by atoms with Crippen LogP contribution < -0.4 is 19.5 Å². The van der Waals surface area contributed by atoms with Crippen molar-refractivity contribution in [1.29, 1.82) is 5.26 Å². The molecule has 1 aliphatic heterocycles. The average Bonchev–Trinajstić information content (AvgIpc) is 2.78. The lowest BCUT2D eigenvalue weighted by atomic mass is 9.89. The fraction of sp³-hybridized carbons (Fsp3) is 0.652. The second-order valence-electron chi connectivity index (χ2n) is 8.44. The largest absolute Gasteiger partial charge is 0.493 e. The number of carbonyl (C=O) groups excluding carboxylic acids is 1. The Bertz CT molecular complexity index is 800. The lowest BCUT2D eigenvalue weighted by Crippen LogP contribution is -2.58. The van der Waals surface area contributed by atoms with Crippen molar-refractivity contribution in [2.75, 3.05) is 47.5 Å². The zero-order valence-electron chi connectivity index (χ0n) is 19.8. The van der Waals surface area contributed by atoms with E-state index in [2.05, 4.69) is 21.2 Å². The van der Waals surface area contributed by atoms with Gasteiger partial charge in [0.1, 0.15) is 5.54 Å². The lowest BCUT2D eigenvalue weighted by molar-refractivity contribution is -0.128. The van der Waals surface area contributed by atoms with Crippen molar-refractivity contribution in [3.63, 3.8) is 0 Å². The van der Waals surface area contributed by atoms with Gasteiger partial charge in [-0.2, -0.15) is 5.26 Å². The Balaban J connectivity index is 1.99. The molecule has 31 heavy (non-hydrogen) atoms. The fourth-order valence-corrected chi connectivity index (χ4v) is 3.66. The van der Waals surface area contributed by atoms with E-state index in [1.807, 2.05) is 32.9 Å². The van der Waals surface area contributed by atoms with Gasteiger partial charge in [-0.15, -0.1) is 0 Å². The molecule has 0 radical (unpaired) electrons. The molecule has 0 bridgehead atoms. The molecule has 0 unspecified atom stereocenters. The minimum Gasteiger partial charge on any atom is -0.493 e. The van der Waals surface area contributed by atoms with Crippen LogP contribution >= 0.6 is 0 Å². The first-order valence-corrected chi connectivity index (χ1v) is 10.7. The van der Waals surface area contributed by atoms with Crippen LogP contribution in [0.15, 0.2) is 12.1 Å². The number of rotatable bonds is 9. The molecule has 1 aromatic carbocycles. The number of amides is 1. The maximum Gasteiger partial charge on any atom is 0.238 e. The third-order valence-corrected chi connectivity index (χ3v) is 6.28. The molecule has 1 N–H and O–H groups in total. The van der Waals surface area contributed by atoms with E-state index >= 15 is 0 Å². The minimum atomic E-state index is -0.864. The molecule has 2 rings (SSSR count). The van der Waals surface area contributed by atoms with Crippen molar-refractivity contribution in [3.8, 4) is 23.3 Å². The summed E-state index contributed by atoms with van der Waals surface area (Å²) >= 11 is 0. The predicted molar refractivity (Wildman–Crippen MR) is 119 cm³/mol. The quantitative estimate of drug-likeness (QED) is 0.640. The Labute approximate surface area is 186 Å². The molecule has 2 atom stereocenters. The number of piperazine rings is 1. The zero-order valence-corrected chi connectivity index (χ0v) is 19.8. The zero-order chi connectivity index (χ0) is 23.2. The number of benzene rings is 1. The van der Waals surface area contributed by atoms with Crippen LogP contribution in [-0.2, 0) is 11.3 Å². The Hall–Kier alpha value is -2.50. The van der Waals surface area contributed by atoms with E-state index in [0.29, 0.717) is 17.2 Å². The summed E-state index contributed by atoms with van der Waals surface area (Å²) in [6.07, 6.45) is 0. The highest BCUT2D eigenvalue weighted by atomic mass is 16.5. The highest BCUT2D eigenvalue weighted by Gasteiger charge is 2.34. The van der Waals surface area contributed by atoms with Crippen LogP contribution in [0.25, 0.3) is 0 Å². The van der Waals surface area contributed by atoms with E-state index in [1.54, 1.807) is 28.3 Å². The van der Waals surface area contributed by atoms with Gasteiger partial charge in [-0.05, 0) is 25.8 Å². The van der Waals surface area contributed by atoms with Gasteiger partial charge in [0, 0.05) is 38.3 Å². The SMILES string of the molecule is COc1ccc(CN2CCN([C@H](C)C(=O)N[C@](C)(C#N)C(C)C)CC2)c(OC)c1OC. The van der Waals surface area contributed by atoms with Crippen LogP contribution in [0.2, 0.25) is 0 Å². The number of nitriles is 1. The number of nitrogens with zero attached hydrogens (tertiary/aromatic N) is 3. The first-order valence-electron chi connectivity index (χ1n) is 10.7.